The highest BCUT2D eigenvalue weighted by molar-refractivity contribution is 5.92. The van der Waals surface area contributed by atoms with Crippen molar-refractivity contribution in [2.45, 2.75) is 13.0 Å². The van der Waals surface area contributed by atoms with E-state index < -0.39 is 4.92 Å². The Kier molecular flexibility index (Phi) is 4.47. The summed E-state index contributed by atoms with van der Waals surface area (Å²) in [6, 6.07) is 6.29. The Bertz CT molecular complexity index is 525. The Morgan fingerprint density at radius 2 is 2.15 bits per heavy atom. The van der Waals surface area contributed by atoms with Gasteiger partial charge in [0, 0.05) is 43.9 Å². The van der Waals surface area contributed by atoms with Crippen molar-refractivity contribution in [1.82, 2.24) is 10.2 Å². The summed E-state index contributed by atoms with van der Waals surface area (Å²) in [6.45, 7) is 4.31. The molecule has 1 fully saturated rings. The van der Waals surface area contributed by atoms with Crippen LogP contribution in [0.3, 0.4) is 0 Å². The number of benzene rings is 1. The van der Waals surface area contributed by atoms with Crippen LogP contribution in [0.2, 0.25) is 0 Å². The number of rotatable bonds is 3. The highest BCUT2D eigenvalue weighted by atomic mass is 16.6. The maximum atomic E-state index is 12.1. The molecule has 1 aliphatic heterocycles. The molecule has 1 aliphatic rings. The van der Waals surface area contributed by atoms with Crippen molar-refractivity contribution in [3.05, 3.63) is 46.0 Å². The van der Waals surface area contributed by atoms with Crippen LogP contribution < -0.4 is 5.32 Å². The molecule has 6 nitrogen and oxygen atoms in total. The van der Waals surface area contributed by atoms with Gasteiger partial charge in [-0.2, -0.15) is 0 Å². The monoisotopic (exact) mass is 275 g/mol. The van der Waals surface area contributed by atoms with Crippen LogP contribution in [0.15, 0.2) is 30.3 Å². The first kappa shape index (κ1) is 14.2. The molecule has 1 N–H and O–H groups in total. The van der Waals surface area contributed by atoms with E-state index in [9.17, 15) is 14.9 Å². The Morgan fingerprint density at radius 1 is 1.45 bits per heavy atom. The average Bonchev–Trinajstić information content (AvgIpc) is 2.45. The number of carbonyl (C=O) groups excluding carboxylic acids is 1. The van der Waals surface area contributed by atoms with Crippen LogP contribution in [0.25, 0.3) is 6.08 Å². The van der Waals surface area contributed by atoms with Gasteiger partial charge in [0.15, 0.2) is 0 Å². The molecule has 1 aromatic carbocycles. The van der Waals surface area contributed by atoms with Crippen molar-refractivity contribution >= 4 is 17.7 Å². The predicted octanol–water partition coefficient (Wildman–Crippen LogP) is 1.43. The highest BCUT2D eigenvalue weighted by Gasteiger charge is 2.20. The fourth-order valence-electron chi connectivity index (χ4n) is 2.14. The van der Waals surface area contributed by atoms with Gasteiger partial charge in [0.2, 0.25) is 5.91 Å². The van der Waals surface area contributed by atoms with Gasteiger partial charge in [0.05, 0.1) is 4.92 Å². The van der Waals surface area contributed by atoms with E-state index in [1.807, 2.05) is 11.8 Å². The van der Waals surface area contributed by atoms with Crippen LogP contribution in [-0.2, 0) is 4.79 Å². The van der Waals surface area contributed by atoms with Gasteiger partial charge < -0.3 is 10.2 Å². The summed E-state index contributed by atoms with van der Waals surface area (Å²) in [5.74, 6) is -0.0302. The molecule has 1 amide bonds. The molecular weight excluding hydrogens is 258 g/mol. The number of nitrogens with one attached hydrogen (secondary N) is 1. The number of amides is 1. The van der Waals surface area contributed by atoms with E-state index in [-0.39, 0.29) is 17.6 Å². The maximum absolute atomic E-state index is 12.1. The van der Waals surface area contributed by atoms with Crippen LogP contribution in [0.1, 0.15) is 12.5 Å². The van der Waals surface area contributed by atoms with Gasteiger partial charge in [-0.3, -0.25) is 14.9 Å². The van der Waals surface area contributed by atoms with Gasteiger partial charge >= 0.3 is 0 Å². The number of hydrogen-bond acceptors (Lipinski definition) is 4. The minimum Gasteiger partial charge on any atom is -0.334 e. The molecule has 0 unspecified atom stereocenters. The van der Waals surface area contributed by atoms with Crippen LogP contribution in [0, 0.1) is 10.1 Å². The van der Waals surface area contributed by atoms with Crippen LogP contribution in [0.5, 0.6) is 0 Å². The molecule has 2 rings (SSSR count). The van der Waals surface area contributed by atoms with Crippen LogP contribution in [-0.4, -0.2) is 41.4 Å². The molecule has 0 saturated carbocycles. The van der Waals surface area contributed by atoms with Gasteiger partial charge in [-0.25, -0.2) is 0 Å². The summed E-state index contributed by atoms with van der Waals surface area (Å²) < 4.78 is 0. The molecule has 106 valence electrons. The predicted molar refractivity (Wildman–Crippen MR) is 76.2 cm³/mol. The molecule has 0 bridgehead atoms. The first-order valence-corrected chi connectivity index (χ1v) is 6.52. The highest BCUT2D eigenvalue weighted by Crippen LogP contribution is 2.13. The van der Waals surface area contributed by atoms with Crippen molar-refractivity contribution in [2.75, 3.05) is 19.6 Å². The smallest absolute Gasteiger partial charge is 0.269 e. The number of nitrogens with zero attached hydrogens (tertiary/aromatic N) is 2. The molecule has 1 aromatic rings. The zero-order valence-corrected chi connectivity index (χ0v) is 11.3. The first-order chi connectivity index (χ1) is 9.58. The van der Waals surface area contributed by atoms with Gasteiger partial charge in [-0.1, -0.05) is 0 Å². The second-order valence-corrected chi connectivity index (χ2v) is 4.77. The number of piperazine rings is 1. The van der Waals surface area contributed by atoms with Crippen molar-refractivity contribution in [2.24, 2.45) is 0 Å². The Morgan fingerprint density at radius 3 is 2.75 bits per heavy atom. The van der Waals surface area contributed by atoms with Gasteiger partial charge in [-0.15, -0.1) is 0 Å². The SMILES string of the molecule is C[C@@H]1CNCCN1C(=O)/C=C/c1ccc([N+](=O)[O-])cc1. The minimum atomic E-state index is -0.443. The number of nitro benzene ring substituents is 1. The normalized spacial score (nSPS) is 19.2. The van der Waals surface area contributed by atoms with Gasteiger partial charge in [-0.05, 0) is 30.7 Å². The van der Waals surface area contributed by atoms with Crippen molar-refractivity contribution in [1.29, 1.82) is 0 Å². The third-order valence-electron chi connectivity index (χ3n) is 3.31. The Labute approximate surface area is 117 Å². The number of hydrogen-bond donors (Lipinski definition) is 1. The number of non-ortho nitro benzene ring substituents is 1. The summed E-state index contributed by atoms with van der Waals surface area (Å²) in [4.78, 5) is 24.0. The summed E-state index contributed by atoms with van der Waals surface area (Å²) in [5, 5.41) is 13.8. The molecule has 0 aliphatic carbocycles. The third-order valence-corrected chi connectivity index (χ3v) is 3.31. The van der Waals surface area contributed by atoms with Crippen molar-refractivity contribution in [3.8, 4) is 0 Å². The standard InChI is InChI=1S/C14H17N3O3/c1-11-10-15-8-9-16(11)14(18)7-4-12-2-5-13(6-3-12)17(19)20/h2-7,11,15H,8-10H2,1H3/b7-4+/t11-/m1/s1. The molecule has 1 saturated heterocycles. The topological polar surface area (TPSA) is 75.5 Å². The largest absolute Gasteiger partial charge is 0.334 e. The van der Waals surface area contributed by atoms with Crippen molar-refractivity contribution < 1.29 is 9.72 Å². The molecule has 20 heavy (non-hydrogen) atoms. The quantitative estimate of drug-likeness (QED) is 0.514. The third kappa shape index (κ3) is 3.42. The lowest BCUT2D eigenvalue weighted by atomic mass is 10.1. The Hall–Kier alpha value is -2.21. The second kappa shape index (κ2) is 6.29. The number of nitro groups is 1. The fraction of sp³-hybridized carbons (Fsp3) is 0.357. The van der Waals surface area contributed by atoms with E-state index in [2.05, 4.69) is 5.32 Å². The fourth-order valence-corrected chi connectivity index (χ4v) is 2.14. The lowest BCUT2D eigenvalue weighted by Crippen LogP contribution is -2.51. The lowest BCUT2D eigenvalue weighted by molar-refractivity contribution is -0.384. The van der Waals surface area contributed by atoms with E-state index in [0.717, 1.165) is 18.7 Å². The number of carbonyl (C=O) groups is 1. The average molecular weight is 275 g/mol. The summed E-state index contributed by atoms with van der Waals surface area (Å²) in [6.07, 6.45) is 3.20. The summed E-state index contributed by atoms with van der Waals surface area (Å²) in [7, 11) is 0. The van der Waals surface area contributed by atoms with Gasteiger partial charge in [0.25, 0.3) is 5.69 Å². The molecule has 6 heteroatoms. The summed E-state index contributed by atoms with van der Waals surface area (Å²) >= 11 is 0. The summed E-state index contributed by atoms with van der Waals surface area (Å²) in [5.41, 5.74) is 0.816. The Balaban J connectivity index is 2.01. The lowest BCUT2D eigenvalue weighted by Gasteiger charge is -2.33. The minimum absolute atomic E-state index is 0.0302. The van der Waals surface area contributed by atoms with Gasteiger partial charge in [0.1, 0.15) is 0 Å². The molecule has 0 aromatic heterocycles. The first-order valence-electron chi connectivity index (χ1n) is 6.52. The second-order valence-electron chi connectivity index (χ2n) is 4.77. The van der Waals surface area contributed by atoms with E-state index in [4.69, 9.17) is 0 Å². The van der Waals surface area contributed by atoms with E-state index >= 15 is 0 Å². The van der Waals surface area contributed by atoms with Crippen molar-refractivity contribution in [3.63, 3.8) is 0 Å². The molecular formula is C14H17N3O3. The van der Waals surface area contributed by atoms with E-state index in [1.165, 1.54) is 18.2 Å². The van der Waals surface area contributed by atoms with E-state index in [0.29, 0.717) is 6.54 Å². The zero-order chi connectivity index (χ0) is 14.5. The van der Waals surface area contributed by atoms with Crippen LogP contribution in [0.4, 0.5) is 5.69 Å². The molecule has 1 atom stereocenters. The molecule has 0 radical (unpaired) electrons. The van der Waals surface area contributed by atoms with Crippen LogP contribution >= 0.6 is 0 Å². The maximum Gasteiger partial charge on any atom is 0.269 e. The zero-order valence-electron chi connectivity index (χ0n) is 11.3. The van der Waals surface area contributed by atoms with E-state index in [1.54, 1.807) is 18.2 Å². The molecule has 0 spiro atoms. The molecule has 1 heterocycles.